The van der Waals surface area contributed by atoms with Gasteiger partial charge in [0, 0.05) is 0 Å². The Kier molecular flexibility index (Phi) is 33.2. The minimum absolute atomic E-state index is 0. The van der Waals surface area contributed by atoms with Crippen molar-refractivity contribution < 1.29 is 42.9 Å². The molecule has 0 atom stereocenters. The zero-order valence-electron chi connectivity index (χ0n) is 26.0. The van der Waals surface area contributed by atoms with E-state index in [0.717, 1.165) is 0 Å². The summed E-state index contributed by atoms with van der Waals surface area (Å²) in [5, 5.41) is 0. The van der Waals surface area contributed by atoms with Gasteiger partial charge in [-0.15, -0.1) is 0 Å². The summed E-state index contributed by atoms with van der Waals surface area (Å²) >= 11 is 0. The third-order valence-electron chi connectivity index (χ3n) is 8.04. The molecule has 0 aromatic rings. The van der Waals surface area contributed by atoms with Crippen molar-refractivity contribution in [1.82, 2.24) is 0 Å². The highest BCUT2D eigenvalue weighted by Gasteiger charge is 2.22. The summed E-state index contributed by atoms with van der Waals surface area (Å²) in [7, 11) is 9.80. The molecule has 0 saturated heterocycles. The third-order valence-corrected chi connectivity index (χ3v) is 8.04. The van der Waals surface area contributed by atoms with Gasteiger partial charge in [-0.1, -0.05) is 129 Å². The van der Waals surface area contributed by atoms with Crippen molar-refractivity contribution in [2.24, 2.45) is 0 Å². The van der Waals surface area contributed by atoms with Crippen molar-refractivity contribution in [3.63, 3.8) is 0 Å². The SMILES string of the molecule is CCCCCCCCCCCCCCCCCC[N+](C)(C)CC[N+](C)(C)CCCCCCCC.[Br-].[Br-]. The lowest BCUT2D eigenvalue weighted by Crippen LogP contribution is -3.00. The minimum Gasteiger partial charge on any atom is -1.00 e. The summed E-state index contributed by atoms with van der Waals surface area (Å²) < 4.78 is 2.41. The van der Waals surface area contributed by atoms with Gasteiger partial charge in [0.2, 0.25) is 0 Å². The van der Waals surface area contributed by atoms with Gasteiger partial charge in [0.05, 0.1) is 41.3 Å². The van der Waals surface area contributed by atoms with Crippen LogP contribution in [0.4, 0.5) is 0 Å². The number of nitrogens with zero attached hydrogens (tertiary/aromatic N) is 2. The molecule has 0 fully saturated rings. The third kappa shape index (κ3) is 31.1. The number of hydrogen-bond acceptors (Lipinski definition) is 0. The Labute approximate surface area is 251 Å². The predicted molar refractivity (Wildman–Crippen MR) is 157 cm³/mol. The first-order valence-electron chi connectivity index (χ1n) is 16.0. The highest BCUT2D eigenvalue weighted by atomic mass is 79.9. The lowest BCUT2D eigenvalue weighted by Gasteiger charge is -2.36. The first-order chi connectivity index (χ1) is 16.3. The lowest BCUT2D eigenvalue weighted by atomic mass is 10.0. The molecule has 0 aromatic heterocycles. The molecule has 222 valence electrons. The molecule has 0 radical (unpaired) electrons. The van der Waals surface area contributed by atoms with E-state index in [4.69, 9.17) is 0 Å². The molecule has 0 amide bonds. The van der Waals surface area contributed by atoms with Crippen molar-refractivity contribution in [2.75, 3.05) is 54.4 Å². The Morgan fingerprint density at radius 3 is 0.694 bits per heavy atom. The van der Waals surface area contributed by atoms with Crippen LogP contribution in [0, 0.1) is 0 Å². The average Bonchev–Trinajstić information content (AvgIpc) is 2.80. The van der Waals surface area contributed by atoms with E-state index in [1.165, 1.54) is 176 Å². The van der Waals surface area contributed by atoms with E-state index in [2.05, 4.69) is 42.0 Å². The summed E-state index contributed by atoms with van der Waals surface area (Å²) in [6, 6.07) is 0. The number of rotatable bonds is 27. The Hall–Kier alpha value is 0.880. The predicted octanol–water partition coefficient (Wildman–Crippen LogP) is 3.77. The van der Waals surface area contributed by atoms with Crippen LogP contribution in [0.3, 0.4) is 0 Å². The topological polar surface area (TPSA) is 0 Å². The van der Waals surface area contributed by atoms with Crippen molar-refractivity contribution in [2.45, 2.75) is 155 Å². The van der Waals surface area contributed by atoms with Crippen LogP contribution in [0.15, 0.2) is 0 Å². The molecule has 0 aliphatic heterocycles. The number of quaternary nitrogens is 2. The van der Waals surface area contributed by atoms with Gasteiger partial charge in [0.1, 0.15) is 13.1 Å². The van der Waals surface area contributed by atoms with Gasteiger partial charge in [0.15, 0.2) is 0 Å². The van der Waals surface area contributed by atoms with Crippen LogP contribution in [0.5, 0.6) is 0 Å². The van der Waals surface area contributed by atoms with Crippen molar-refractivity contribution >= 4 is 0 Å². The number of likely N-dealkylation sites (N-methyl/N-ethyl adjacent to an activating group) is 2. The Morgan fingerprint density at radius 2 is 0.472 bits per heavy atom. The molecular formula is C32H70Br2N2. The molecule has 0 unspecified atom stereocenters. The van der Waals surface area contributed by atoms with Crippen molar-refractivity contribution in [3.05, 3.63) is 0 Å². The maximum absolute atomic E-state index is 2.45. The van der Waals surface area contributed by atoms with Crippen LogP contribution in [0.25, 0.3) is 0 Å². The van der Waals surface area contributed by atoms with E-state index in [-0.39, 0.29) is 34.0 Å². The summed E-state index contributed by atoms with van der Waals surface area (Å²) in [6.45, 7) is 9.96. The van der Waals surface area contributed by atoms with Crippen LogP contribution < -0.4 is 34.0 Å². The minimum atomic E-state index is 0. The van der Waals surface area contributed by atoms with Crippen molar-refractivity contribution in [3.8, 4) is 0 Å². The van der Waals surface area contributed by atoms with Gasteiger partial charge < -0.3 is 42.9 Å². The molecule has 0 aliphatic carbocycles. The molecule has 36 heavy (non-hydrogen) atoms. The first-order valence-corrected chi connectivity index (χ1v) is 16.0. The average molecular weight is 643 g/mol. The van der Waals surface area contributed by atoms with Crippen LogP contribution >= 0.6 is 0 Å². The van der Waals surface area contributed by atoms with Gasteiger partial charge in [-0.05, 0) is 25.7 Å². The number of hydrogen-bond donors (Lipinski definition) is 0. The second-order valence-electron chi connectivity index (χ2n) is 12.8. The standard InChI is InChI=1S/C32H70N2.2BrH/c1-7-9-11-13-15-16-17-18-19-20-21-22-23-24-26-28-30-34(5,6)32-31-33(3,4)29-27-25-14-12-10-8-2;;/h7-32H2,1-6H3;2*1H/q+2;;/p-2. The molecule has 0 aliphatic rings. The van der Waals surface area contributed by atoms with E-state index in [9.17, 15) is 0 Å². The fraction of sp³-hybridized carbons (Fsp3) is 1.00. The highest BCUT2D eigenvalue weighted by Crippen LogP contribution is 2.15. The second-order valence-corrected chi connectivity index (χ2v) is 12.8. The summed E-state index contributed by atoms with van der Waals surface area (Å²) in [5.41, 5.74) is 0. The summed E-state index contributed by atoms with van der Waals surface area (Å²) in [5.74, 6) is 0. The zero-order valence-corrected chi connectivity index (χ0v) is 29.2. The van der Waals surface area contributed by atoms with Crippen LogP contribution in [0.2, 0.25) is 0 Å². The van der Waals surface area contributed by atoms with Crippen molar-refractivity contribution in [1.29, 1.82) is 0 Å². The molecule has 0 heterocycles. The quantitative estimate of drug-likeness (QED) is 0.0947. The molecule has 0 spiro atoms. The van der Waals surface area contributed by atoms with E-state index >= 15 is 0 Å². The Morgan fingerprint density at radius 1 is 0.278 bits per heavy atom. The van der Waals surface area contributed by atoms with E-state index in [0.29, 0.717) is 0 Å². The number of halogens is 2. The Bertz CT molecular complexity index is 413. The maximum Gasteiger partial charge on any atom is 0.128 e. The molecular weight excluding hydrogens is 572 g/mol. The molecule has 4 heteroatoms. The molecule has 0 bridgehead atoms. The molecule has 0 saturated carbocycles. The van der Waals surface area contributed by atoms with E-state index in [1.807, 2.05) is 0 Å². The second kappa shape index (κ2) is 28.9. The van der Waals surface area contributed by atoms with Gasteiger partial charge in [0.25, 0.3) is 0 Å². The monoisotopic (exact) mass is 640 g/mol. The Balaban J connectivity index is -0.00000544. The lowest BCUT2D eigenvalue weighted by molar-refractivity contribution is -0.946. The molecule has 0 rings (SSSR count). The highest BCUT2D eigenvalue weighted by molar-refractivity contribution is 4.50. The summed E-state index contributed by atoms with van der Waals surface area (Å²) in [6.07, 6.45) is 31.8. The van der Waals surface area contributed by atoms with E-state index < -0.39 is 0 Å². The first kappa shape index (κ1) is 41.4. The summed E-state index contributed by atoms with van der Waals surface area (Å²) in [4.78, 5) is 0. The fourth-order valence-electron chi connectivity index (χ4n) is 5.17. The zero-order chi connectivity index (χ0) is 25.4. The van der Waals surface area contributed by atoms with E-state index in [1.54, 1.807) is 0 Å². The van der Waals surface area contributed by atoms with Crippen LogP contribution in [-0.2, 0) is 0 Å². The smallest absolute Gasteiger partial charge is 0.128 e. The molecule has 0 N–H and O–H groups in total. The van der Waals surface area contributed by atoms with Crippen LogP contribution in [0.1, 0.15) is 155 Å². The van der Waals surface area contributed by atoms with Gasteiger partial charge in [-0.2, -0.15) is 0 Å². The molecule has 2 nitrogen and oxygen atoms in total. The van der Waals surface area contributed by atoms with Crippen LogP contribution in [-0.4, -0.2) is 63.3 Å². The maximum atomic E-state index is 2.45. The van der Waals surface area contributed by atoms with Gasteiger partial charge >= 0.3 is 0 Å². The number of unbranched alkanes of at least 4 members (excludes halogenated alkanes) is 20. The fourth-order valence-corrected chi connectivity index (χ4v) is 5.17. The normalized spacial score (nSPS) is 11.8. The largest absolute Gasteiger partial charge is 1.00 e. The van der Waals surface area contributed by atoms with Gasteiger partial charge in [-0.3, -0.25) is 0 Å². The molecule has 0 aromatic carbocycles. The van der Waals surface area contributed by atoms with Gasteiger partial charge in [-0.25, -0.2) is 0 Å².